The number of pyridine rings is 1. The number of ether oxygens (including phenoxy) is 2. The SMILES string of the molecule is CC(C)Oc1cncc(C(NN)C2CCOCC2C)c1. The molecule has 3 atom stereocenters. The fourth-order valence-corrected chi connectivity index (χ4v) is 2.80. The molecule has 1 saturated heterocycles. The van der Waals surface area contributed by atoms with Gasteiger partial charge >= 0.3 is 0 Å². The molecule has 1 aromatic heterocycles. The molecule has 5 heteroatoms. The van der Waals surface area contributed by atoms with Crippen LogP contribution in [0.5, 0.6) is 5.75 Å². The van der Waals surface area contributed by atoms with Gasteiger partial charge in [-0.05, 0) is 43.7 Å². The predicted octanol–water partition coefficient (Wildman–Crippen LogP) is 2.05. The Labute approximate surface area is 120 Å². The van der Waals surface area contributed by atoms with E-state index in [1.54, 1.807) is 6.20 Å². The molecule has 1 fully saturated rings. The lowest BCUT2D eigenvalue weighted by Gasteiger charge is -2.35. The number of hydrogen-bond donors (Lipinski definition) is 2. The zero-order valence-electron chi connectivity index (χ0n) is 12.5. The Bertz CT molecular complexity index is 425. The molecule has 5 nitrogen and oxygen atoms in total. The van der Waals surface area contributed by atoms with Gasteiger partial charge in [0.1, 0.15) is 5.75 Å². The minimum absolute atomic E-state index is 0.0807. The molecule has 3 N–H and O–H groups in total. The average Bonchev–Trinajstić information content (AvgIpc) is 2.41. The highest BCUT2D eigenvalue weighted by atomic mass is 16.5. The van der Waals surface area contributed by atoms with Crippen molar-refractivity contribution in [3.63, 3.8) is 0 Å². The van der Waals surface area contributed by atoms with E-state index in [1.807, 2.05) is 26.1 Å². The molecule has 0 saturated carbocycles. The van der Waals surface area contributed by atoms with E-state index < -0.39 is 0 Å². The van der Waals surface area contributed by atoms with Gasteiger partial charge in [-0.2, -0.15) is 0 Å². The fourth-order valence-electron chi connectivity index (χ4n) is 2.80. The van der Waals surface area contributed by atoms with Crippen LogP contribution in [0.4, 0.5) is 0 Å². The third-order valence-corrected chi connectivity index (χ3v) is 3.78. The van der Waals surface area contributed by atoms with Gasteiger partial charge < -0.3 is 9.47 Å². The first kappa shape index (κ1) is 15.2. The Kier molecular flexibility index (Phi) is 5.34. The van der Waals surface area contributed by atoms with Gasteiger partial charge in [0.2, 0.25) is 0 Å². The van der Waals surface area contributed by atoms with Gasteiger partial charge in [0.25, 0.3) is 0 Å². The topological polar surface area (TPSA) is 69.4 Å². The second kappa shape index (κ2) is 7.02. The number of rotatable bonds is 5. The molecule has 0 bridgehead atoms. The van der Waals surface area contributed by atoms with E-state index in [4.69, 9.17) is 15.3 Å². The van der Waals surface area contributed by atoms with E-state index in [2.05, 4.69) is 17.3 Å². The summed E-state index contributed by atoms with van der Waals surface area (Å²) in [6.45, 7) is 7.80. The van der Waals surface area contributed by atoms with Gasteiger partial charge in [0.05, 0.1) is 18.3 Å². The predicted molar refractivity (Wildman–Crippen MR) is 78.2 cm³/mol. The first-order chi connectivity index (χ1) is 9.61. The lowest BCUT2D eigenvalue weighted by Crippen LogP contribution is -2.40. The van der Waals surface area contributed by atoms with Crippen molar-refractivity contribution < 1.29 is 9.47 Å². The molecule has 20 heavy (non-hydrogen) atoms. The smallest absolute Gasteiger partial charge is 0.138 e. The second-order valence-corrected chi connectivity index (χ2v) is 5.77. The summed E-state index contributed by atoms with van der Waals surface area (Å²) in [6.07, 6.45) is 4.74. The van der Waals surface area contributed by atoms with Gasteiger partial charge in [0, 0.05) is 19.4 Å². The molecule has 0 amide bonds. The molecule has 2 rings (SSSR count). The molecule has 0 aliphatic carbocycles. The minimum atomic E-state index is 0.0807. The van der Waals surface area contributed by atoms with Gasteiger partial charge in [-0.15, -0.1) is 0 Å². The first-order valence-electron chi connectivity index (χ1n) is 7.27. The van der Waals surface area contributed by atoms with Crippen molar-refractivity contribution in [3.05, 3.63) is 24.0 Å². The number of nitrogens with zero attached hydrogens (tertiary/aromatic N) is 1. The highest BCUT2D eigenvalue weighted by molar-refractivity contribution is 5.26. The summed E-state index contributed by atoms with van der Waals surface area (Å²) in [5.41, 5.74) is 4.02. The van der Waals surface area contributed by atoms with Crippen LogP contribution in [0.3, 0.4) is 0 Å². The summed E-state index contributed by atoms with van der Waals surface area (Å²) in [6, 6.07) is 2.11. The van der Waals surface area contributed by atoms with Crippen LogP contribution < -0.4 is 16.0 Å². The minimum Gasteiger partial charge on any atom is -0.489 e. The van der Waals surface area contributed by atoms with Crippen LogP contribution >= 0.6 is 0 Å². The van der Waals surface area contributed by atoms with Gasteiger partial charge in [-0.3, -0.25) is 16.3 Å². The molecule has 0 radical (unpaired) electrons. The summed E-state index contributed by atoms with van der Waals surface area (Å²) in [7, 11) is 0. The largest absolute Gasteiger partial charge is 0.489 e. The Balaban J connectivity index is 2.18. The normalized spacial score (nSPS) is 24.6. The van der Waals surface area contributed by atoms with Crippen LogP contribution in [0, 0.1) is 11.8 Å². The maximum atomic E-state index is 5.79. The number of hydrazine groups is 1. The number of aromatic nitrogens is 1. The highest BCUT2D eigenvalue weighted by Gasteiger charge is 2.30. The maximum absolute atomic E-state index is 5.79. The van der Waals surface area contributed by atoms with E-state index in [0.29, 0.717) is 11.8 Å². The summed E-state index contributed by atoms with van der Waals surface area (Å²) in [5, 5.41) is 0. The molecule has 2 heterocycles. The molecule has 0 spiro atoms. The molecule has 112 valence electrons. The molecule has 0 aromatic carbocycles. The highest BCUT2D eigenvalue weighted by Crippen LogP contribution is 2.34. The number of nitrogens with two attached hydrogens (primary N) is 1. The monoisotopic (exact) mass is 279 g/mol. The van der Waals surface area contributed by atoms with E-state index in [-0.39, 0.29) is 12.1 Å². The quantitative estimate of drug-likeness (QED) is 0.637. The average molecular weight is 279 g/mol. The van der Waals surface area contributed by atoms with E-state index in [9.17, 15) is 0 Å². The van der Waals surface area contributed by atoms with Crippen molar-refractivity contribution in [1.82, 2.24) is 10.4 Å². The Morgan fingerprint density at radius 2 is 2.25 bits per heavy atom. The standard InChI is InChI=1S/C15H25N3O2/c1-10(2)20-13-6-12(7-17-8-13)15(18-16)14-4-5-19-9-11(14)3/h6-8,10-11,14-15,18H,4-5,9,16H2,1-3H3. The van der Waals surface area contributed by atoms with Crippen molar-refractivity contribution in [2.24, 2.45) is 17.7 Å². The summed E-state index contributed by atoms with van der Waals surface area (Å²) < 4.78 is 11.2. The van der Waals surface area contributed by atoms with Crippen LogP contribution in [0.25, 0.3) is 0 Å². The van der Waals surface area contributed by atoms with E-state index in [0.717, 1.165) is 30.9 Å². The zero-order valence-corrected chi connectivity index (χ0v) is 12.5. The molecule has 1 aliphatic heterocycles. The Morgan fingerprint density at radius 1 is 1.45 bits per heavy atom. The van der Waals surface area contributed by atoms with Gasteiger partial charge in [-0.1, -0.05) is 6.92 Å². The van der Waals surface area contributed by atoms with Crippen molar-refractivity contribution in [1.29, 1.82) is 0 Å². The lowest BCUT2D eigenvalue weighted by molar-refractivity contribution is 0.0105. The molecule has 1 aliphatic rings. The van der Waals surface area contributed by atoms with Crippen molar-refractivity contribution in [3.8, 4) is 5.75 Å². The van der Waals surface area contributed by atoms with Gasteiger partial charge in [-0.25, -0.2) is 0 Å². The van der Waals surface area contributed by atoms with Crippen LogP contribution in [-0.2, 0) is 4.74 Å². The number of nitrogens with one attached hydrogen (secondary N) is 1. The van der Waals surface area contributed by atoms with Crippen LogP contribution in [0.15, 0.2) is 18.5 Å². The summed E-state index contributed by atoms with van der Waals surface area (Å²) in [5.74, 6) is 7.50. The summed E-state index contributed by atoms with van der Waals surface area (Å²) in [4.78, 5) is 4.27. The van der Waals surface area contributed by atoms with E-state index >= 15 is 0 Å². The Morgan fingerprint density at radius 3 is 2.90 bits per heavy atom. The van der Waals surface area contributed by atoms with Crippen LogP contribution in [-0.4, -0.2) is 24.3 Å². The molecule has 3 unspecified atom stereocenters. The number of hydrogen-bond acceptors (Lipinski definition) is 5. The molecular formula is C15H25N3O2. The lowest BCUT2D eigenvalue weighted by atomic mass is 9.81. The summed E-state index contributed by atoms with van der Waals surface area (Å²) >= 11 is 0. The zero-order chi connectivity index (χ0) is 14.5. The van der Waals surface area contributed by atoms with Gasteiger partial charge in [0.15, 0.2) is 0 Å². The van der Waals surface area contributed by atoms with E-state index in [1.165, 1.54) is 0 Å². The van der Waals surface area contributed by atoms with Crippen LogP contribution in [0.2, 0.25) is 0 Å². The van der Waals surface area contributed by atoms with Crippen molar-refractivity contribution in [2.75, 3.05) is 13.2 Å². The maximum Gasteiger partial charge on any atom is 0.138 e. The fraction of sp³-hybridized carbons (Fsp3) is 0.667. The molecular weight excluding hydrogens is 254 g/mol. The second-order valence-electron chi connectivity index (χ2n) is 5.77. The third kappa shape index (κ3) is 3.69. The van der Waals surface area contributed by atoms with Crippen LogP contribution in [0.1, 0.15) is 38.8 Å². The van der Waals surface area contributed by atoms with Crippen molar-refractivity contribution >= 4 is 0 Å². The molecule has 1 aromatic rings. The van der Waals surface area contributed by atoms with Crippen molar-refractivity contribution in [2.45, 2.75) is 39.3 Å². The third-order valence-electron chi connectivity index (χ3n) is 3.78. The Hall–Kier alpha value is -1.17. The first-order valence-corrected chi connectivity index (χ1v) is 7.27.